The van der Waals surface area contributed by atoms with E-state index in [-0.39, 0.29) is 25.1 Å². The minimum atomic E-state index is -0.234. The summed E-state index contributed by atoms with van der Waals surface area (Å²) in [4.78, 5) is 0. The number of aliphatic hydroxyl groups excluding tert-OH is 1. The maximum Gasteiger partial charge on any atom is 0.161 e. The van der Waals surface area contributed by atoms with Gasteiger partial charge in [-0.15, -0.1) is 12.4 Å². The van der Waals surface area contributed by atoms with Crippen LogP contribution in [0.25, 0.3) is 0 Å². The average Bonchev–Trinajstić information content (AvgIpc) is 2.33. The van der Waals surface area contributed by atoms with E-state index in [0.717, 1.165) is 17.1 Å². The van der Waals surface area contributed by atoms with Crippen LogP contribution >= 0.6 is 12.4 Å². The standard InChI is InChI=1S/C13H21NO3.ClH/c1-3-16-12-6-5-10(7-11(14)9-15)8-13(12)17-4-2;/h5-6,8,11,15H,3-4,7,9,14H2,1-2H3;1H. The van der Waals surface area contributed by atoms with Crippen molar-refractivity contribution in [2.45, 2.75) is 26.3 Å². The number of benzene rings is 1. The van der Waals surface area contributed by atoms with Gasteiger partial charge in [-0.05, 0) is 38.0 Å². The molecule has 18 heavy (non-hydrogen) atoms. The van der Waals surface area contributed by atoms with E-state index in [1.165, 1.54) is 0 Å². The first-order valence-electron chi connectivity index (χ1n) is 5.96. The number of aliphatic hydroxyl groups is 1. The minimum absolute atomic E-state index is 0. The van der Waals surface area contributed by atoms with E-state index >= 15 is 0 Å². The van der Waals surface area contributed by atoms with Gasteiger partial charge in [0.25, 0.3) is 0 Å². The van der Waals surface area contributed by atoms with Crippen molar-refractivity contribution in [2.75, 3.05) is 19.8 Å². The summed E-state index contributed by atoms with van der Waals surface area (Å²) in [6.45, 7) is 5.05. The highest BCUT2D eigenvalue weighted by atomic mass is 35.5. The number of hydrogen-bond donors (Lipinski definition) is 2. The van der Waals surface area contributed by atoms with Gasteiger partial charge in [0.15, 0.2) is 11.5 Å². The molecule has 1 aromatic rings. The van der Waals surface area contributed by atoms with Crippen LogP contribution in [0.15, 0.2) is 18.2 Å². The van der Waals surface area contributed by atoms with Crippen molar-refractivity contribution >= 4 is 12.4 Å². The molecule has 0 aliphatic heterocycles. The topological polar surface area (TPSA) is 64.7 Å². The molecule has 1 unspecified atom stereocenters. The molecule has 0 aromatic heterocycles. The van der Waals surface area contributed by atoms with Gasteiger partial charge in [-0.2, -0.15) is 0 Å². The SMILES string of the molecule is CCOc1ccc(CC(N)CO)cc1OCC.Cl. The maximum absolute atomic E-state index is 8.93. The predicted molar refractivity (Wildman–Crippen MR) is 74.8 cm³/mol. The molecule has 0 saturated carbocycles. The van der Waals surface area contributed by atoms with Crippen molar-refractivity contribution in [3.05, 3.63) is 23.8 Å². The summed E-state index contributed by atoms with van der Waals surface area (Å²) in [5.74, 6) is 1.48. The third kappa shape index (κ3) is 5.12. The number of rotatable bonds is 7. The van der Waals surface area contributed by atoms with Gasteiger partial charge in [-0.25, -0.2) is 0 Å². The molecule has 0 saturated heterocycles. The fraction of sp³-hybridized carbons (Fsp3) is 0.538. The molecule has 0 fully saturated rings. The Balaban J connectivity index is 0.00000289. The zero-order valence-electron chi connectivity index (χ0n) is 10.9. The van der Waals surface area contributed by atoms with Gasteiger partial charge in [0, 0.05) is 6.04 Å². The van der Waals surface area contributed by atoms with E-state index in [1.807, 2.05) is 32.0 Å². The number of nitrogens with two attached hydrogens (primary N) is 1. The first-order chi connectivity index (χ1) is 8.21. The smallest absolute Gasteiger partial charge is 0.161 e. The van der Waals surface area contributed by atoms with E-state index in [4.69, 9.17) is 20.3 Å². The normalized spacial score (nSPS) is 11.6. The molecule has 0 bridgehead atoms. The van der Waals surface area contributed by atoms with E-state index in [2.05, 4.69) is 0 Å². The van der Waals surface area contributed by atoms with Crippen LogP contribution < -0.4 is 15.2 Å². The molecule has 1 rings (SSSR count). The monoisotopic (exact) mass is 275 g/mol. The quantitative estimate of drug-likeness (QED) is 0.796. The van der Waals surface area contributed by atoms with Crippen molar-refractivity contribution in [2.24, 2.45) is 5.73 Å². The summed E-state index contributed by atoms with van der Waals surface area (Å²) >= 11 is 0. The van der Waals surface area contributed by atoms with Gasteiger partial charge >= 0.3 is 0 Å². The summed E-state index contributed by atoms with van der Waals surface area (Å²) in [5.41, 5.74) is 6.74. The Bertz CT molecular complexity index is 347. The summed E-state index contributed by atoms with van der Waals surface area (Å²) in [6.07, 6.45) is 0.628. The number of ether oxygens (including phenoxy) is 2. The second-order valence-corrected chi connectivity index (χ2v) is 3.79. The minimum Gasteiger partial charge on any atom is -0.490 e. The Hall–Kier alpha value is -0.970. The molecular weight excluding hydrogens is 254 g/mol. The van der Waals surface area contributed by atoms with Crippen LogP contribution in [0, 0.1) is 0 Å². The van der Waals surface area contributed by atoms with E-state index in [9.17, 15) is 0 Å². The van der Waals surface area contributed by atoms with Crippen molar-refractivity contribution in [3.8, 4) is 11.5 Å². The molecular formula is C13H22ClNO3. The molecule has 0 aliphatic rings. The fourth-order valence-corrected chi connectivity index (χ4v) is 1.59. The first kappa shape index (κ1) is 17.0. The van der Waals surface area contributed by atoms with Gasteiger partial charge < -0.3 is 20.3 Å². The molecule has 1 atom stereocenters. The average molecular weight is 276 g/mol. The van der Waals surface area contributed by atoms with Crippen molar-refractivity contribution in [1.29, 1.82) is 0 Å². The molecule has 5 heteroatoms. The van der Waals surface area contributed by atoms with E-state index < -0.39 is 0 Å². The lowest BCUT2D eigenvalue weighted by Crippen LogP contribution is -2.26. The maximum atomic E-state index is 8.93. The third-order valence-corrected chi connectivity index (χ3v) is 2.34. The highest BCUT2D eigenvalue weighted by Gasteiger charge is 2.08. The summed E-state index contributed by atoms with van der Waals surface area (Å²) in [6, 6.07) is 5.52. The lowest BCUT2D eigenvalue weighted by molar-refractivity contribution is 0.264. The third-order valence-electron chi connectivity index (χ3n) is 2.34. The molecule has 1 aromatic carbocycles. The Morgan fingerprint density at radius 1 is 1.17 bits per heavy atom. The summed E-state index contributed by atoms with van der Waals surface area (Å²) in [7, 11) is 0. The molecule has 0 heterocycles. The van der Waals surface area contributed by atoms with Crippen LogP contribution in [-0.4, -0.2) is 31.0 Å². The van der Waals surface area contributed by atoms with Crippen LogP contribution in [-0.2, 0) is 6.42 Å². The van der Waals surface area contributed by atoms with E-state index in [1.54, 1.807) is 0 Å². The molecule has 0 spiro atoms. The van der Waals surface area contributed by atoms with Crippen LogP contribution in [0.3, 0.4) is 0 Å². The lowest BCUT2D eigenvalue weighted by atomic mass is 10.1. The van der Waals surface area contributed by atoms with Gasteiger partial charge in [-0.1, -0.05) is 6.07 Å². The van der Waals surface area contributed by atoms with Crippen molar-refractivity contribution in [1.82, 2.24) is 0 Å². The van der Waals surface area contributed by atoms with Gasteiger partial charge in [0.1, 0.15) is 0 Å². The van der Waals surface area contributed by atoms with Crippen molar-refractivity contribution in [3.63, 3.8) is 0 Å². The van der Waals surface area contributed by atoms with E-state index in [0.29, 0.717) is 19.6 Å². The molecule has 0 amide bonds. The Morgan fingerprint density at radius 3 is 2.33 bits per heavy atom. The van der Waals surface area contributed by atoms with Crippen LogP contribution in [0.4, 0.5) is 0 Å². The molecule has 3 N–H and O–H groups in total. The number of hydrogen-bond acceptors (Lipinski definition) is 4. The van der Waals surface area contributed by atoms with Crippen LogP contribution in [0.1, 0.15) is 19.4 Å². The second-order valence-electron chi connectivity index (χ2n) is 3.79. The molecule has 0 radical (unpaired) electrons. The first-order valence-corrected chi connectivity index (χ1v) is 5.96. The molecule has 104 valence electrons. The zero-order valence-corrected chi connectivity index (χ0v) is 11.7. The lowest BCUT2D eigenvalue weighted by Gasteiger charge is -2.13. The Morgan fingerprint density at radius 2 is 1.78 bits per heavy atom. The Labute approximate surface area is 115 Å². The van der Waals surface area contributed by atoms with Gasteiger partial charge in [-0.3, -0.25) is 0 Å². The van der Waals surface area contributed by atoms with Crippen molar-refractivity contribution < 1.29 is 14.6 Å². The second kappa shape index (κ2) is 9.03. The summed E-state index contributed by atoms with van der Waals surface area (Å²) in [5, 5.41) is 8.93. The summed E-state index contributed by atoms with van der Waals surface area (Å²) < 4.78 is 11.0. The van der Waals surface area contributed by atoms with Gasteiger partial charge in [0.05, 0.1) is 19.8 Å². The van der Waals surface area contributed by atoms with Gasteiger partial charge in [0.2, 0.25) is 0 Å². The zero-order chi connectivity index (χ0) is 12.7. The highest BCUT2D eigenvalue weighted by molar-refractivity contribution is 5.85. The highest BCUT2D eigenvalue weighted by Crippen LogP contribution is 2.28. The molecule has 0 aliphatic carbocycles. The predicted octanol–water partition coefficient (Wildman–Crippen LogP) is 1.77. The molecule has 4 nitrogen and oxygen atoms in total. The Kier molecular flexibility index (Phi) is 8.54. The van der Waals surface area contributed by atoms with Crippen LogP contribution in [0.5, 0.6) is 11.5 Å². The fourth-order valence-electron chi connectivity index (χ4n) is 1.59. The van der Waals surface area contributed by atoms with Crippen LogP contribution in [0.2, 0.25) is 0 Å². The largest absolute Gasteiger partial charge is 0.490 e. The number of halogens is 1.